The van der Waals surface area contributed by atoms with E-state index in [9.17, 15) is 0 Å². The van der Waals surface area contributed by atoms with Gasteiger partial charge in [-0.15, -0.1) is 0 Å². The van der Waals surface area contributed by atoms with Crippen molar-refractivity contribution in [2.75, 3.05) is 0 Å². The first-order valence-corrected chi connectivity index (χ1v) is 31.4. The quantitative estimate of drug-likeness (QED) is 0.267. The zero-order valence-electron chi connectivity index (χ0n) is 21.0. The molecule has 0 aromatic heterocycles. The molecule has 0 bridgehead atoms. The van der Waals surface area contributed by atoms with Crippen molar-refractivity contribution in [2.24, 2.45) is 0 Å². The molecule has 32 heavy (non-hydrogen) atoms. The van der Waals surface area contributed by atoms with E-state index in [0.717, 1.165) is 0 Å². The Morgan fingerprint density at radius 1 is 0.500 bits per heavy atom. The predicted molar refractivity (Wildman–Crippen MR) is 157 cm³/mol. The summed E-state index contributed by atoms with van der Waals surface area (Å²) in [6, 6.07) is 34.3. The van der Waals surface area contributed by atoms with Gasteiger partial charge >= 0.3 is 208 Å². The average molecular weight is 602 g/mol. The summed E-state index contributed by atoms with van der Waals surface area (Å²) in [4.78, 5) is 5.06. The summed E-state index contributed by atoms with van der Waals surface area (Å²) in [5.74, 6) is 0. The van der Waals surface area contributed by atoms with Crippen LogP contribution in [0.25, 0.3) is 0 Å². The van der Waals surface area contributed by atoms with Crippen LogP contribution in [-0.2, 0) is 0 Å². The number of hydrogen-bond acceptors (Lipinski definition) is 0. The minimum absolute atomic E-state index is 0.229. The molecule has 170 valence electrons. The van der Waals surface area contributed by atoms with Crippen molar-refractivity contribution in [2.45, 2.75) is 51.5 Å². The van der Waals surface area contributed by atoms with E-state index in [1.165, 1.54) is 0 Å². The summed E-state index contributed by atoms with van der Waals surface area (Å²) in [6.07, 6.45) is 0. The van der Waals surface area contributed by atoms with Gasteiger partial charge in [-0.05, 0) is 0 Å². The van der Waals surface area contributed by atoms with Gasteiger partial charge in [-0.2, -0.15) is 0 Å². The topological polar surface area (TPSA) is 0 Å². The van der Waals surface area contributed by atoms with Gasteiger partial charge in [0.1, 0.15) is 0 Å². The fourth-order valence-corrected chi connectivity index (χ4v) is 94.1. The molecule has 3 rings (SSSR count). The average Bonchev–Trinajstić information content (AvgIpc) is 2.74. The maximum atomic E-state index is 7.97. The van der Waals surface area contributed by atoms with Crippen molar-refractivity contribution >= 4 is 66.0 Å². The second-order valence-electron chi connectivity index (χ2n) is 11.2. The second-order valence-corrected chi connectivity index (χ2v) is 47.6. The van der Waals surface area contributed by atoms with Crippen molar-refractivity contribution in [3.8, 4) is 0 Å². The summed E-state index contributed by atoms with van der Waals surface area (Å²) in [5.41, 5.74) is 0. The molecule has 0 spiro atoms. The van der Waals surface area contributed by atoms with E-state index in [2.05, 4.69) is 140 Å². The molecule has 0 heterocycles. The molecule has 0 N–H and O–H groups in total. The first-order chi connectivity index (χ1) is 14.8. The van der Waals surface area contributed by atoms with Gasteiger partial charge in [0, 0.05) is 0 Å². The summed E-state index contributed by atoms with van der Waals surface area (Å²) >= 11 is -3.19. The molecular weight excluding hydrogens is 563 g/mol. The van der Waals surface area contributed by atoms with Crippen molar-refractivity contribution < 1.29 is 0 Å². The van der Waals surface area contributed by atoms with Crippen molar-refractivity contribution in [3.63, 3.8) is 0 Å². The van der Waals surface area contributed by atoms with Crippen LogP contribution in [0.2, 0.25) is 51.5 Å². The van der Waals surface area contributed by atoms with Gasteiger partial charge in [-0.25, -0.2) is 0 Å². The first kappa shape index (κ1) is 26.0. The van der Waals surface area contributed by atoms with Crippen LogP contribution < -0.4 is 15.6 Å². The second kappa shape index (κ2) is 9.21. The molecule has 3 aromatic rings. The van der Waals surface area contributed by atoms with Gasteiger partial charge in [-0.3, -0.25) is 0 Å². The Kier molecular flexibility index (Phi) is 7.49. The molecule has 3 aromatic carbocycles. The Hall–Kier alpha value is -0.601. The molecule has 0 unspecified atom stereocenters. The molecular formula is C27H39ClSi3Sn. The van der Waals surface area contributed by atoms with Crippen LogP contribution in [0.5, 0.6) is 0 Å². The normalized spacial score (nSPS) is 13.8. The molecule has 0 aliphatic rings. The van der Waals surface area contributed by atoms with E-state index < -0.39 is 41.5 Å². The van der Waals surface area contributed by atoms with E-state index in [1.807, 2.05) is 0 Å². The summed E-state index contributed by atoms with van der Waals surface area (Å²) in [6.45, 7) is 15.9. The fraction of sp³-hybridized carbons (Fsp3) is 0.333. The Labute approximate surface area is 207 Å². The Morgan fingerprint density at radius 2 is 0.719 bits per heavy atom. The standard InChI is InChI=1S/C25H33Si3.2CH3.ClH.Sn/c1-26(2,22-16-10-7-11-17-22)25(27(3,4)23-18-12-8-13-19-23)28(5,6)24-20-14-9-15-21-24;;;;/h7-21H,1-6H3;2*1H3;1H;/q;;;;+1/p-1. The van der Waals surface area contributed by atoms with Gasteiger partial charge in [0.25, 0.3) is 0 Å². The van der Waals surface area contributed by atoms with Crippen LogP contribution in [0.3, 0.4) is 0 Å². The first-order valence-electron chi connectivity index (χ1n) is 11.7. The number of halogens is 1. The number of rotatable bonds is 7. The van der Waals surface area contributed by atoms with Gasteiger partial charge in [0.15, 0.2) is 0 Å². The van der Waals surface area contributed by atoms with Gasteiger partial charge in [0.05, 0.1) is 0 Å². The van der Waals surface area contributed by atoms with E-state index in [1.54, 1.807) is 15.6 Å². The molecule has 0 amide bonds. The van der Waals surface area contributed by atoms with Crippen molar-refractivity contribution in [1.82, 2.24) is 0 Å². The third kappa shape index (κ3) is 3.96. The van der Waals surface area contributed by atoms with Crippen LogP contribution >= 0.6 is 8.92 Å². The van der Waals surface area contributed by atoms with Gasteiger partial charge in [-0.1, -0.05) is 0 Å². The van der Waals surface area contributed by atoms with Gasteiger partial charge < -0.3 is 0 Å². The van der Waals surface area contributed by atoms with Crippen LogP contribution in [0.4, 0.5) is 0 Å². The van der Waals surface area contributed by atoms with Gasteiger partial charge in [0.2, 0.25) is 0 Å². The Morgan fingerprint density at radius 3 is 0.906 bits per heavy atom. The molecule has 0 aliphatic heterocycles. The summed E-state index contributed by atoms with van der Waals surface area (Å²) in [7, 11) is 1.84. The fourth-order valence-electron chi connectivity index (χ4n) is 7.79. The number of hydrogen-bond donors (Lipinski definition) is 0. The van der Waals surface area contributed by atoms with E-state index in [-0.39, 0.29) is 2.30 Å². The van der Waals surface area contributed by atoms with E-state index in [4.69, 9.17) is 8.92 Å². The third-order valence-corrected chi connectivity index (χ3v) is 69.2. The third-order valence-electron chi connectivity index (χ3n) is 8.19. The van der Waals surface area contributed by atoms with Crippen LogP contribution in [0.15, 0.2) is 91.0 Å². The molecule has 0 fully saturated rings. The maximum absolute atomic E-state index is 7.97. The molecule has 0 saturated carbocycles. The molecule has 0 atom stereocenters. The predicted octanol–water partition coefficient (Wildman–Crippen LogP) is 6.64. The van der Waals surface area contributed by atoms with Crippen molar-refractivity contribution in [3.05, 3.63) is 91.0 Å². The summed E-state index contributed by atoms with van der Waals surface area (Å²) < 4.78 is 0.229. The Bertz CT molecular complexity index is 902. The molecule has 0 aliphatic carbocycles. The van der Waals surface area contributed by atoms with Crippen LogP contribution in [-0.4, -0.2) is 41.5 Å². The van der Waals surface area contributed by atoms with Crippen LogP contribution in [0, 0.1) is 0 Å². The molecule has 0 radical (unpaired) electrons. The summed E-state index contributed by atoms with van der Waals surface area (Å²) in [5, 5.41) is 4.70. The zero-order valence-corrected chi connectivity index (χ0v) is 27.6. The van der Waals surface area contributed by atoms with E-state index in [0.29, 0.717) is 0 Å². The monoisotopic (exact) mass is 602 g/mol. The van der Waals surface area contributed by atoms with Crippen molar-refractivity contribution in [1.29, 1.82) is 0 Å². The zero-order chi connectivity index (χ0) is 23.8. The number of benzene rings is 3. The molecule has 0 nitrogen and oxygen atoms in total. The Balaban J connectivity index is 2.52. The molecule has 0 saturated heterocycles. The minimum atomic E-state index is -3.19. The van der Waals surface area contributed by atoms with Crippen LogP contribution in [0.1, 0.15) is 0 Å². The van der Waals surface area contributed by atoms with E-state index >= 15 is 0 Å². The molecule has 5 heteroatoms. The SMILES string of the molecule is C[Si](C)(c1ccccc1)[C]([Si](C)(C)c1ccccc1)([Si](C)(C)c1ccccc1)[Sn]([CH3])([CH3])[Cl].